The maximum atomic E-state index is 5.80. The fourth-order valence-corrected chi connectivity index (χ4v) is 3.36. The van der Waals surface area contributed by atoms with Crippen molar-refractivity contribution < 1.29 is 4.74 Å². The van der Waals surface area contributed by atoms with Gasteiger partial charge < -0.3 is 15.0 Å². The van der Waals surface area contributed by atoms with Gasteiger partial charge in [0.25, 0.3) is 0 Å². The van der Waals surface area contributed by atoms with Crippen LogP contribution in [0.15, 0.2) is 17.5 Å². The van der Waals surface area contributed by atoms with E-state index in [0.717, 1.165) is 26.2 Å². The third-order valence-electron chi connectivity index (χ3n) is 3.42. The van der Waals surface area contributed by atoms with Crippen molar-refractivity contribution in [2.75, 3.05) is 33.3 Å². The summed E-state index contributed by atoms with van der Waals surface area (Å²) >= 11 is 1.83. The monoisotopic (exact) mass is 268 g/mol. The van der Waals surface area contributed by atoms with Gasteiger partial charge >= 0.3 is 0 Å². The standard InChI is InChI=1S/C14H24N2OS/c1-11(2)14(13-5-4-8-18-13)15-9-12-10-16(3)6-7-17-12/h4-5,8,11-12,14-15H,6-7,9-10H2,1-3H3. The number of hydrogen-bond donors (Lipinski definition) is 1. The fourth-order valence-electron chi connectivity index (χ4n) is 2.38. The molecule has 2 rings (SSSR count). The van der Waals surface area contributed by atoms with Gasteiger partial charge in [-0.15, -0.1) is 11.3 Å². The molecule has 0 aromatic carbocycles. The van der Waals surface area contributed by atoms with Crippen LogP contribution >= 0.6 is 11.3 Å². The van der Waals surface area contributed by atoms with Gasteiger partial charge in [-0.2, -0.15) is 0 Å². The molecule has 1 aromatic rings. The van der Waals surface area contributed by atoms with E-state index in [2.05, 4.69) is 48.6 Å². The van der Waals surface area contributed by atoms with Gasteiger partial charge in [-0.1, -0.05) is 19.9 Å². The molecule has 1 aromatic heterocycles. The smallest absolute Gasteiger partial charge is 0.0826 e. The molecule has 0 bridgehead atoms. The molecule has 0 amide bonds. The summed E-state index contributed by atoms with van der Waals surface area (Å²) in [5.74, 6) is 0.602. The van der Waals surface area contributed by atoms with Crippen molar-refractivity contribution in [2.24, 2.45) is 5.92 Å². The van der Waals surface area contributed by atoms with Gasteiger partial charge in [0, 0.05) is 30.6 Å². The van der Waals surface area contributed by atoms with Crippen LogP contribution in [0, 0.1) is 5.92 Å². The highest BCUT2D eigenvalue weighted by molar-refractivity contribution is 7.10. The van der Waals surface area contributed by atoms with E-state index in [-0.39, 0.29) is 0 Å². The number of rotatable bonds is 5. The highest BCUT2D eigenvalue weighted by Gasteiger charge is 2.21. The number of likely N-dealkylation sites (N-methyl/N-ethyl adjacent to an activating group) is 1. The molecular formula is C14H24N2OS. The van der Waals surface area contributed by atoms with Crippen LogP contribution in [0.1, 0.15) is 24.8 Å². The summed E-state index contributed by atoms with van der Waals surface area (Å²) in [6, 6.07) is 4.79. The second-order valence-electron chi connectivity index (χ2n) is 5.40. The van der Waals surface area contributed by atoms with Gasteiger partial charge in [-0.05, 0) is 24.4 Å². The molecule has 1 saturated heterocycles. The lowest BCUT2D eigenvalue weighted by Crippen LogP contribution is -2.45. The number of thiophene rings is 1. The van der Waals surface area contributed by atoms with E-state index in [1.54, 1.807) is 0 Å². The van der Waals surface area contributed by atoms with Crippen molar-refractivity contribution in [1.29, 1.82) is 0 Å². The minimum absolute atomic E-state index is 0.324. The molecule has 4 heteroatoms. The Morgan fingerprint density at radius 2 is 2.39 bits per heavy atom. The zero-order chi connectivity index (χ0) is 13.0. The molecule has 0 spiro atoms. The fraction of sp³-hybridized carbons (Fsp3) is 0.714. The molecule has 2 heterocycles. The van der Waals surface area contributed by atoms with Gasteiger partial charge in [0.15, 0.2) is 0 Å². The highest BCUT2D eigenvalue weighted by Crippen LogP contribution is 2.25. The van der Waals surface area contributed by atoms with E-state index in [9.17, 15) is 0 Å². The number of morpholine rings is 1. The lowest BCUT2D eigenvalue weighted by atomic mass is 10.0. The Hall–Kier alpha value is -0.420. The Bertz CT molecular complexity index is 340. The van der Waals surface area contributed by atoms with Crippen molar-refractivity contribution in [3.8, 4) is 0 Å². The van der Waals surface area contributed by atoms with Crippen molar-refractivity contribution >= 4 is 11.3 Å². The van der Waals surface area contributed by atoms with Crippen molar-refractivity contribution in [3.63, 3.8) is 0 Å². The van der Waals surface area contributed by atoms with Crippen molar-refractivity contribution in [3.05, 3.63) is 22.4 Å². The van der Waals surface area contributed by atoms with E-state index in [1.165, 1.54) is 4.88 Å². The molecule has 3 nitrogen and oxygen atoms in total. The number of nitrogens with zero attached hydrogens (tertiary/aromatic N) is 1. The Labute approximate surface area is 114 Å². The second-order valence-corrected chi connectivity index (χ2v) is 6.38. The van der Waals surface area contributed by atoms with Gasteiger partial charge in [0.1, 0.15) is 0 Å². The molecular weight excluding hydrogens is 244 g/mol. The van der Waals surface area contributed by atoms with Crippen molar-refractivity contribution in [2.45, 2.75) is 26.0 Å². The quantitative estimate of drug-likeness (QED) is 0.887. The summed E-state index contributed by atoms with van der Waals surface area (Å²) in [5.41, 5.74) is 0. The Morgan fingerprint density at radius 3 is 3.00 bits per heavy atom. The molecule has 0 aliphatic carbocycles. The zero-order valence-corrected chi connectivity index (χ0v) is 12.4. The largest absolute Gasteiger partial charge is 0.374 e. The van der Waals surface area contributed by atoms with E-state index < -0.39 is 0 Å². The van der Waals surface area contributed by atoms with Gasteiger partial charge in [-0.25, -0.2) is 0 Å². The molecule has 0 saturated carbocycles. The first-order valence-corrected chi connectivity index (χ1v) is 7.61. The van der Waals surface area contributed by atoms with E-state index in [4.69, 9.17) is 4.74 Å². The van der Waals surface area contributed by atoms with Crippen LogP contribution in [0.3, 0.4) is 0 Å². The van der Waals surface area contributed by atoms with Crippen LogP contribution in [0.25, 0.3) is 0 Å². The molecule has 1 fully saturated rings. The van der Waals surface area contributed by atoms with Crippen molar-refractivity contribution in [1.82, 2.24) is 10.2 Å². The molecule has 2 atom stereocenters. The first kappa shape index (κ1) is 14.0. The van der Waals surface area contributed by atoms with Gasteiger partial charge in [0.05, 0.1) is 12.7 Å². The van der Waals surface area contributed by atoms with Crippen LogP contribution < -0.4 is 5.32 Å². The SMILES string of the molecule is CC(C)C(NCC1CN(C)CCO1)c1cccs1. The van der Waals surface area contributed by atoms with Crippen LogP contribution in [-0.2, 0) is 4.74 Å². The number of nitrogens with one attached hydrogen (secondary N) is 1. The average Bonchev–Trinajstić information content (AvgIpc) is 2.82. The van der Waals surface area contributed by atoms with Gasteiger partial charge in [-0.3, -0.25) is 0 Å². The molecule has 1 aliphatic rings. The average molecular weight is 268 g/mol. The molecule has 1 N–H and O–H groups in total. The first-order valence-electron chi connectivity index (χ1n) is 6.73. The molecule has 0 radical (unpaired) electrons. The number of hydrogen-bond acceptors (Lipinski definition) is 4. The van der Waals surface area contributed by atoms with Crippen LogP contribution in [0.2, 0.25) is 0 Å². The Kier molecular flexibility index (Phi) is 5.18. The summed E-state index contributed by atoms with van der Waals surface area (Å²) in [4.78, 5) is 3.76. The summed E-state index contributed by atoms with van der Waals surface area (Å²) in [6.07, 6.45) is 0.324. The molecule has 1 aliphatic heterocycles. The minimum Gasteiger partial charge on any atom is -0.374 e. The second kappa shape index (κ2) is 6.66. The minimum atomic E-state index is 0.324. The van der Waals surface area contributed by atoms with E-state index in [0.29, 0.717) is 18.1 Å². The third kappa shape index (κ3) is 3.79. The lowest BCUT2D eigenvalue weighted by molar-refractivity contribution is -0.0198. The predicted octanol–water partition coefficient (Wildman–Crippen LogP) is 2.37. The van der Waals surface area contributed by atoms with Gasteiger partial charge in [0.2, 0.25) is 0 Å². The predicted molar refractivity (Wildman–Crippen MR) is 77.1 cm³/mol. The lowest BCUT2D eigenvalue weighted by Gasteiger charge is -2.32. The highest BCUT2D eigenvalue weighted by atomic mass is 32.1. The van der Waals surface area contributed by atoms with Crippen LogP contribution in [0.5, 0.6) is 0 Å². The maximum absolute atomic E-state index is 5.80. The molecule has 18 heavy (non-hydrogen) atoms. The van der Waals surface area contributed by atoms with Crippen LogP contribution in [0.4, 0.5) is 0 Å². The Morgan fingerprint density at radius 1 is 1.56 bits per heavy atom. The molecule has 2 unspecified atom stereocenters. The molecule has 102 valence electrons. The summed E-state index contributed by atoms with van der Waals surface area (Å²) in [5, 5.41) is 5.82. The van der Waals surface area contributed by atoms with Crippen LogP contribution in [-0.4, -0.2) is 44.3 Å². The summed E-state index contributed by atoms with van der Waals surface area (Å²) in [7, 11) is 2.16. The Balaban J connectivity index is 1.86. The number of ether oxygens (including phenoxy) is 1. The van der Waals surface area contributed by atoms with E-state index >= 15 is 0 Å². The normalized spacial score (nSPS) is 23.4. The third-order valence-corrected chi connectivity index (χ3v) is 4.38. The first-order chi connectivity index (χ1) is 8.66. The maximum Gasteiger partial charge on any atom is 0.0826 e. The van der Waals surface area contributed by atoms with E-state index in [1.807, 2.05) is 11.3 Å². The zero-order valence-electron chi connectivity index (χ0n) is 11.6. The topological polar surface area (TPSA) is 24.5 Å². The summed E-state index contributed by atoms with van der Waals surface area (Å²) in [6.45, 7) is 8.41. The summed E-state index contributed by atoms with van der Waals surface area (Å²) < 4.78 is 5.80.